The molecule has 2 aliphatic rings. The van der Waals surface area contributed by atoms with Crippen molar-refractivity contribution in [3.8, 4) is 10.6 Å². The molecule has 1 saturated heterocycles. The van der Waals surface area contributed by atoms with Crippen molar-refractivity contribution in [2.45, 2.75) is 54.7 Å². The van der Waals surface area contributed by atoms with Crippen molar-refractivity contribution in [3.05, 3.63) is 42.2 Å². The first-order valence-electron chi connectivity index (χ1n) is 12.1. The molecule has 1 aliphatic carbocycles. The molecule has 3 aromatic rings. The van der Waals surface area contributed by atoms with E-state index in [1.165, 1.54) is 22.2 Å². The summed E-state index contributed by atoms with van der Waals surface area (Å²) in [5.74, 6) is -1.41. The molecule has 0 spiro atoms. The number of carbonyl (C=O) groups is 2. The number of aliphatic carboxylic acids is 1. The van der Waals surface area contributed by atoms with Gasteiger partial charge in [0, 0.05) is 19.4 Å². The second kappa shape index (κ2) is 10.7. The highest BCUT2D eigenvalue weighted by atomic mass is 32.2. The summed E-state index contributed by atoms with van der Waals surface area (Å²) in [5.41, 5.74) is 1.22. The number of ether oxygens (including phenoxy) is 1. The topological polar surface area (TPSA) is 153 Å². The van der Waals surface area contributed by atoms with Crippen LogP contribution in [0.25, 0.3) is 10.6 Å². The molecule has 13 heteroatoms. The van der Waals surface area contributed by atoms with Crippen LogP contribution in [0.1, 0.15) is 43.6 Å². The van der Waals surface area contributed by atoms with Gasteiger partial charge in [0.1, 0.15) is 12.2 Å². The molecule has 37 heavy (non-hydrogen) atoms. The number of benzene rings is 1. The first-order chi connectivity index (χ1) is 17.8. The summed E-state index contributed by atoms with van der Waals surface area (Å²) in [7, 11) is -3.30. The molecule has 2 fully saturated rings. The van der Waals surface area contributed by atoms with E-state index >= 15 is 0 Å². The quantitative estimate of drug-likeness (QED) is 0.391. The maximum absolute atomic E-state index is 13.5. The molecule has 1 unspecified atom stereocenters. The fraction of sp³-hybridized carbons (Fsp3) is 0.458. The maximum Gasteiger partial charge on any atom is 0.325 e. The van der Waals surface area contributed by atoms with Crippen molar-refractivity contribution in [2.24, 2.45) is 5.92 Å². The van der Waals surface area contributed by atoms with Crippen molar-refractivity contribution in [3.63, 3.8) is 0 Å². The Balaban J connectivity index is 1.33. The Morgan fingerprint density at radius 1 is 1.16 bits per heavy atom. The minimum atomic E-state index is -3.30. The standard InChI is InChI=1S/C24H27N5O6S2/c30-22(31)14-29-13-20(27-28-29)21-12-25-24(36-21)26-23(32)19(11-15-7-9-35-10-8-15)16-1-3-17(4-2-16)37(33,34)18-5-6-18/h1-4,12-13,15,18-19H,5-11,14H2,(H,30,31)(H,25,26,32). The zero-order chi connectivity index (χ0) is 26.0. The highest BCUT2D eigenvalue weighted by Gasteiger charge is 2.37. The van der Waals surface area contributed by atoms with Gasteiger partial charge in [-0.2, -0.15) is 0 Å². The predicted octanol–water partition coefficient (Wildman–Crippen LogP) is 2.96. The van der Waals surface area contributed by atoms with Gasteiger partial charge >= 0.3 is 5.97 Å². The normalized spacial score (nSPS) is 17.4. The molecule has 196 valence electrons. The summed E-state index contributed by atoms with van der Waals surface area (Å²) in [4.78, 5) is 29.6. The van der Waals surface area contributed by atoms with E-state index in [0.29, 0.717) is 59.0 Å². The molecular weight excluding hydrogens is 518 g/mol. The molecule has 1 amide bonds. The number of sulfone groups is 1. The maximum atomic E-state index is 13.5. The number of nitrogens with zero attached hydrogens (tertiary/aromatic N) is 4. The van der Waals surface area contributed by atoms with E-state index in [9.17, 15) is 18.0 Å². The van der Waals surface area contributed by atoms with Crippen LogP contribution in [0, 0.1) is 5.92 Å². The number of carboxylic acid groups (broad SMARTS) is 1. The summed E-state index contributed by atoms with van der Waals surface area (Å²) < 4.78 is 31.9. The summed E-state index contributed by atoms with van der Waals surface area (Å²) >= 11 is 1.22. The number of anilines is 1. The second-order valence-electron chi connectivity index (χ2n) is 9.37. The Bertz CT molecular complexity index is 1370. The lowest BCUT2D eigenvalue weighted by Crippen LogP contribution is -2.26. The molecule has 2 aromatic heterocycles. The van der Waals surface area contributed by atoms with Crippen LogP contribution in [0.15, 0.2) is 41.6 Å². The van der Waals surface area contributed by atoms with Gasteiger partial charge in [-0.1, -0.05) is 28.7 Å². The zero-order valence-electron chi connectivity index (χ0n) is 19.9. The summed E-state index contributed by atoms with van der Waals surface area (Å²) in [6, 6.07) is 6.70. The third kappa shape index (κ3) is 6.05. The van der Waals surface area contributed by atoms with E-state index < -0.39 is 21.7 Å². The SMILES string of the molecule is O=C(O)Cn1cc(-c2cnc(NC(=O)C(CC3CCOCC3)c3ccc(S(=O)(=O)C4CC4)cc3)s2)nn1. The van der Waals surface area contributed by atoms with Crippen LogP contribution in [0.5, 0.6) is 0 Å². The van der Waals surface area contributed by atoms with Crippen molar-refractivity contribution >= 4 is 38.2 Å². The number of aromatic nitrogens is 4. The van der Waals surface area contributed by atoms with E-state index in [1.807, 2.05) is 0 Å². The number of carboxylic acids is 1. The molecular formula is C24H27N5O6S2. The third-order valence-corrected chi connectivity index (χ3v) is 9.84. The van der Waals surface area contributed by atoms with Gasteiger partial charge in [0.25, 0.3) is 0 Å². The minimum Gasteiger partial charge on any atom is -0.480 e. The van der Waals surface area contributed by atoms with Gasteiger partial charge in [0.15, 0.2) is 15.0 Å². The lowest BCUT2D eigenvalue weighted by atomic mass is 9.84. The molecule has 1 aromatic carbocycles. The van der Waals surface area contributed by atoms with Gasteiger partial charge in [0.2, 0.25) is 5.91 Å². The van der Waals surface area contributed by atoms with Crippen LogP contribution >= 0.6 is 11.3 Å². The van der Waals surface area contributed by atoms with Crippen molar-refractivity contribution in [2.75, 3.05) is 18.5 Å². The number of thiazole rings is 1. The summed E-state index contributed by atoms with van der Waals surface area (Å²) in [6.45, 7) is 1.02. The van der Waals surface area contributed by atoms with Gasteiger partial charge < -0.3 is 15.2 Å². The molecule has 1 aliphatic heterocycles. The van der Waals surface area contributed by atoms with Crippen LogP contribution in [0.3, 0.4) is 0 Å². The van der Waals surface area contributed by atoms with Crippen molar-refractivity contribution in [1.29, 1.82) is 0 Å². The molecule has 1 atom stereocenters. The first-order valence-corrected chi connectivity index (χ1v) is 14.5. The number of hydrogen-bond acceptors (Lipinski definition) is 9. The summed E-state index contributed by atoms with van der Waals surface area (Å²) in [5, 5.41) is 19.7. The number of rotatable bonds is 10. The average molecular weight is 546 g/mol. The Kier molecular flexibility index (Phi) is 7.36. The molecule has 11 nitrogen and oxygen atoms in total. The van der Waals surface area contributed by atoms with Gasteiger partial charge in [0.05, 0.1) is 27.1 Å². The molecule has 3 heterocycles. The Morgan fingerprint density at radius 3 is 2.57 bits per heavy atom. The highest BCUT2D eigenvalue weighted by Crippen LogP contribution is 2.36. The van der Waals surface area contributed by atoms with E-state index in [2.05, 4.69) is 20.6 Å². The van der Waals surface area contributed by atoms with Gasteiger partial charge in [-0.25, -0.2) is 18.1 Å². The van der Waals surface area contributed by atoms with E-state index in [4.69, 9.17) is 9.84 Å². The van der Waals surface area contributed by atoms with Crippen molar-refractivity contribution in [1.82, 2.24) is 20.0 Å². The highest BCUT2D eigenvalue weighted by molar-refractivity contribution is 7.92. The third-order valence-electron chi connectivity index (χ3n) is 6.62. The molecule has 1 saturated carbocycles. The van der Waals surface area contributed by atoms with E-state index in [0.717, 1.165) is 18.4 Å². The first kappa shape index (κ1) is 25.5. The zero-order valence-corrected chi connectivity index (χ0v) is 21.6. The van der Waals surface area contributed by atoms with Gasteiger partial charge in [-0.05, 0) is 55.7 Å². The number of hydrogen-bond donors (Lipinski definition) is 2. The molecule has 5 rings (SSSR count). The summed E-state index contributed by atoms with van der Waals surface area (Å²) in [6.07, 6.45) is 6.82. The largest absolute Gasteiger partial charge is 0.480 e. The Labute approximate surface area is 217 Å². The minimum absolute atomic E-state index is 0.222. The predicted molar refractivity (Wildman–Crippen MR) is 135 cm³/mol. The van der Waals surface area contributed by atoms with Gasteiger partial charge in [-0.3, -0.25) is 9.59 Å². The van der Waals surface area contributed by atoms with E-state index in [1.54, 1.807) is 30.5 Å². The van der Waals surface area contributed by atoms with Crippen LogP contribution in [0.2, 0.25) is 0 Å². The second-order valence-corrected chi connectivity index (χ2v) is 12.6. The monoisotopic (exact) mass is 545 g/mol. The van der Waals surface area contributed by atoms with E-state index in [-0.39, 0.29) is 17.7 Å². The van der Waals surface area contributed by atoms with Crippen LogP contribution in [0.4, 0.5) is 5.13 Å². The molecule has 0 bridgehead atoms. The van der Waals surface area contributed by atoms with Crippen LogP contribution in [-0.4, -0.2) is 63.8 Å². The fourth-order valence-electron chi connectivity index (χ4n) is 4.44. The fourth-order valence-corrected chi connectivity index (χ4v) is 6.87. The number of amides is 1. The number of carbonyl (C=O) groups excluding carboxylic acids is 1. The lowest BCUT2D eigenvalue weighted by molar-refractivity contribution is -0.137. The van der Waals surface area contributed by atoms with Crippen LogP contribution in [-0.2, 0) is 30.7 Å². The van der Waals surface area contributed by atoms with Crippen LogP contribution < -0.4 is 5.32 Å². The Hall–Kier alpha value is -3.16. The lowest BCUT2D eigenvalue weighted by Gasteiger charge is -2.26. The Morgan fingerprint density at radius 2 is 1.89 bits per heavy atom. The number of nitrogens with one attached hydrogen (secondary N) is 1. The van der Waals surface area contributed by atoms with Gasteiger partial charge in [-0.15, -0.1) is 5.10 Å². The molecule has 0 radical (unpaired) electrons. The van der Waals surface area contributed by atoms with Crippen molar-refractivity contribution < 1.29 is 27.9 Å². The molecule has 2 N–H and O–H groups in total. The average Bonchev–Trinajstić information content (AvgIpc) is 3.50. The smallest absolute Gasteiger partial charge is 0.325 e.